The van der Waals surface area contributed by atoms with Gasteiger partial charge < -0.3 is 20.5 Å². The molecule has 0 saturated heterocycles. The molecule has 0 aliphatic heterocycles. The van der Waals surface area contributed by atoms with Gasteiger partial charge in [-0.15, -0.1) is 24.8 Å². The Labute approximate surface area is 157 Å². The molecule has 0 saturated carbocycles. The van der Waals surface area contributed by atoms with E-state index in [0.717, 1.165) is 22.4 Å². The molecule has 3 rings (SSSR count). The van der Waals surface area contributed by atoms with E-state index in [1.807, 2.05) is 30.5 Å². The third-order valence-corrected chi connectivity index (χ3v) is 3.56. The van der Waals surface area contributed by atoms with Gasteiger partial charge in [-0.05, 0) is 30.3 Å². The lowest BCUT2D eigenvalue weighted by atomic mass is 10.1. The largest absolute Gasteiger partial charge is 0.469 e. The molecule has 4 N–H and O–H groups in total. The first-order chi connectivity index (χ1) is 11.3. The van der Waals surface area contributed by atoms with Crippen molar-refractivity contribution in [2.45, 2.75) is 12.5 Å². The third kappa shape index (κ3) is 5.35. The summed E-state index contributed by atoms with van der Waals surface area (Å²) >= 11 is 0. The van der Waals surface area contributed by atoms with Crippen molar-refractivity contribution in [3.05, 3.63) is 60.3 Å². The Morgan fingerprint density at radius 3 is 2.92 bits per heavy atom. The molecule has 0 aliphatic rings. The molecule has 1 atom stereocenters. The number of carbonyl (C=O) groups excluding carboxylic acids is 1. The predicted molar refractivity (Wildman–Crippen MR) is 103 cm³/mol. The highest BCUT2D eigenvalue weighted by atomic mass is 35.5. The summed E-state index contributed by atoms with van der Waals surface area (Å²) in [6.45, 7) is 0.345. The van der Waals surface area contributed by atoms with Crippen molar-refractivity contribution in [2.75, 3.05) is 6.54 Å². The molecule has 3 aromatic rings. The van der Waals surface area contributed by atoms with Gasteiger partial charge in [0.1, 0.15) is 11.4 Å². The number of H-pyrrole nitrogens is 1. The van der Waals surface area contributed by atoms with Crippen LogP contribution in [0.3, 0.4) is 0 Å². The Hall–Kier alpha value is -2.28. The van der Waals surface area contributed by atoms with E-state index in [1.165, 1.54) is 6.08 Å². The van der Waals surface area contributed by atoms with Crippen molar-refractivity contribution in [3.8, 4) is 0 Å². The molecule has 8 heteroatoms. The van der Waals surface area contributed by atoms with E-state index in [9.17, 15) is 4.79 Å². The normalized spacial score (nSPS) is 11.7. The number of furan rings is 1. The average Bonchev–Trinajstić information content (AvgIpc) is 3.22. The molecule has 134 valence electrons. The SMILES string of the molecule is Cl.Cl.NC[C@H](Cc1ccco1)NC(=O)C=Cc1c[nH]c2ncccc12. The maximum atomic E-state index is 12.1. The van der Waals surface area contributed by atoms with Gasteiger partial charge in [-0.3, -0.25) is 4.79 Å². The number of pyridine rings is 1. The van der Waals surface area contributed by atoms with Crippen LogP contribution in [0, 0.1) is 0 Å². The Balaban J connectivity index is 0.00000156. The van der Waals surface area contributed by atoms with Crippen LogP contribution in [-0.4, -0.2) is 28.5 Å². The van der Waals surface area contributed by atoms with E-state index < -0.39 is 0 Å². The lowest BCUT2D eigenvalue weighted by Crippen LogP contribution is -2.40. The maximum Gasteiger partial charge on any atom is 0.244 e. The minimum atomic E-state index is -0.190. The number of aromatic nitrogens is 2. The van der Waals surface area contributed by atoms with Crippen molar-refractivity contribution < 1.29 is 9.21 Å². The second-order valence-electron chi connectivity index (χ2n) is 5.20. The molecule has 3 aromatic heterocycles. The van der Waals surface area contributed by atoms with E-state index in [2.05, 4.69) is 15.3 Å². The number of hydrogen-bond acceptors (Lipinski definition) is 4. The molecule has 0 spiro atoms. The summed E-state index contributed by atoms with van der Waals surface area (Å²) in [7, 11) is 0. The number of halogens is 2. The van der Waals surface area contributed by atoms with Crippen LogP contribution in [0.4, 0.5) is 0 Å². The fraction of sp³-hybridized carbons (Fsp3) is 0.176. The minimum Gasteiger partial charge on any atom is -0.469 e. The van der Waals surface area contributed by atoms with Crippen LogP contribution in [-0.2, 0) is 11.2 Å². The van der Waals surface area contributed by atoms with Gasteiger partial charge in [-0.1, -0.05) is 0 Å². The highest BCUT2D eigenvalue weighted by molar-refractivity contribution is 5.95. The number of hydrogen-bond donors (Lipinski definition) is 3. The number of carbonyl (C=O) groups is 1. The van der Waals surface area contributed by atoms with Crippen molar-refractivity contribution in [1.82, 2.24) is 15.3 Å². The fourth-order valence-corrected chi connectivity index (χ4v) is 2.39. The maximum absolute atomic E-state index is 12.1. The van der Waals surface area contributed by atoms with Crippen LogP contribution < -0.4 is 11.1 Å². The second-order valence-corrected chi connectivity index (χ2v) is 5.20. The number of amides is 1. The quantitative estimate of drug-likeness (QED) is 0.570. The molecule has 3 heterocycles. The third-order valence-electron chi connectivity index (χ3n) is 3.56. The Morgan fingerprint density at radius 2 is 2.20 bits per heavy atom. The zero-order valence-electron chi connectivity index (χ0n) is 13.3. The summed E-state index contributed by atoms with van der Waals surface area (Å²) in [6, 6.07) is 7.33. The lowest BCUT2D eigenvalue weighted by molar-refractivity contribution is -0.117. The summed E-state index contributed by atoms with van der Waals surface area (Å²) in [5, 5.41) is 3.85. The molecule has 6 nitrogen and oxygen atoms in total. The number of fused-ring (bicyclic) bond motifs is 1. The smallest absolute Gasteiger partial charge is 0.244 e. The van der Waals surface area contributed by atoms with Crippen LogP contribution in [0.25, 0.3) is 17.1 Å². The van der Waals surface area contributed by atoms with Gasteiger partial charge in [0.25, 0.3) is 0 Å². The summed E-state index contributed by atoms with van der Waals surface area (Å²) in [4.78, 5) is 19.3. The van der Waals surface area contributed by atoms with E-state index >= 15 is 0 Å². The van der Waals surface area contributed by atoms with E-state index in [4.69, 9.17) is 10.2 Å². The number of nitrogens with zero attached hydrogens (tertiary/aromatic N) is 1. The Kier molecular flexibility index (Phi) is 8.21. The average molecular weight is 383 g/mol. The van der Waals surface area contributed by atoms with Gasteiger partial charge in [0, 0.05) is 48.4 Å². The zero-order valence-corrected chi connectivity index (χ0v) is 15.0. The monoisotopic (exact) mass is 382 g/mol. The number of aromatic amines is 1. The van der Waals surface area contributed by atoms with Crippen molar-refractivity contribution in [2.24, 2.45) is 5.73 Å². The summed E-state index contributed by atoms with van der Waals surface area (Å²) in [5.41, 5.74) is 7.42. The first kappa shape index (κ1) is 20.8. The van der Waals surface area contributed by atoms with Crippen LogP contribution in [0.2, 0.25) is 0 Å². The molecule has 0 fully saturated rings. The van der Waals surface area contributed by atoms with E-state index in [1.54, 1.807) is 18.5 Å². The van der Waals surface area contributed by atoms with Gasteiger partial charge in [0.05, 0.1) is 6.26 Å². The van der Waals surface area contributed by atoms with Crippen LogP contribution in [0.1, 0.15) is 11.3 Å². The van der Waals surface area contributed by atoms with E-state index in [0.29, 0.717) is 13.0 Å². The second kappa shape index (κ2) is 9.88. The van der Waals surface area contributed by atoms with Crippen molar-refractivity contribution in [1.29, 1.82) is 0 Å². The Bertz CT molecular complexity index is 815. The molecule has 0 bridgehead atoms. The molecule has 25 heavy (non-hydrogen) atoms. The highest BCUT2D eigenvalue weighted by Crippen LogP contribution is 2.16. The molecule has 0 radical (unpaired) electrons. The van der Waals surface area contributed by atoms with Gasteiger partial charge in [0.15, 0.2) is 0 Å². The molecular formula is C17H20Cl2N4O2. The van der Waals surface area contributed by atoms with Crippen LogP contribution >= 0.6 is 24.8 Å². The van der Waals surface area contributed by atoms with Gasteiger partial charge >= 0.3 is 0 Å². The number of rotatable bonds is 6. The topological polar surface area (TPSA) is 96.9 Å². The van der Waals surface area contributed by atoms with Crippen LogP contribution in [0.15, 0.2) is 53.4 Å². The lowest BCUT2D eigenvalue weighted by Gasteiger charge is -2.14. The fourth-order valence-electron chi connectivity index (χ4n) is 2.39. The first-order valence-corrected chi connectivity index (χ1v) is 7.39. The molecule has 1 amide bonds. The first-order valence-electron chi connectivity index (χ1n) is 7.39. The summed E-state index contributed by atoms with van der Waals surface area (Å²) in [5.74, 6) is 0.609. The molecule has 0 aromatic carbocycles. The van der Waals surface area contributed by atoms with Crippen molar-refractivity contribution in [3.63, 3.8) is 0 Å². The zero-order chi connectivity index (χ0) is 16.1. The van der Waals surface area contributed by atoms with Gasteiger partial charge in [-0.25, -0.2) is 4.98 Å². The van der Waals surface area contributed by atoms with Gasteiger partial charge in [0.2, 0.25) is 5.91 Å². The predicted octanol–water partition coefficient (Wildman–Crippen LogP) is 2.70. The number of nitrogens with one attached hydrogen (secondary N) is 2. The minimum absolute atomic E-state index is 0. The number of nitrogens with two attached hydrogens (primary N) is 1. The Morgan fingerprint density at radius 1 is 1.36 bits per heavy atom. The van der Waals surface area contributed by atoms with Crippen molar-refractivity contribution >= 4 is 47.8 Å². The molecular weight excluding hydrogens is 363 g/mol. The van der Waals surface area contributed by atoms with Crippen LogP contribution in [0.5, 0.6) is 0 Å². The summed E-state index contributed by atoms with van der Waals surface area (Å²) in [6.07, 6.45) is 8.98. The van der Waals surface area contributed by atoms with Gasteiger partial charge in [-0.2, -0.15) is 0 Å². The standard InChI is InChI=1S/C17H18N4O2.2ClH/c18-10-13(9-14-3-2-8-23-14)21-16(22)6-5-12-11-20-17-15(12)4-1-7-19-17;;/h1-8,11,13H,9-10,18H2,(H,19,20)(H,21,22);2*1H/t13-;;/m0../s1. The summed E-state index contributed by atoms with van der Waals surface area (Å²) < 4.78 is 5.28. The van der Waals surface area contributed by atoms with E-state index in [-0.39, 0.29) is 36.8 Å². The molecule has 0 unspecified atom stereocenters. The highest BCUT2D eigenvalue weighted by Gasteiger charge is 2.11. The molecule has 0 aliphatic carbocycles.